The maximum absolute atomic E-state index is 12.9. The van der Waals surface area contributed by atoms with Gasteiger partial charge in [0.25, 0.3) is 0 Å². The molecular weight excluding hydrogens is 308 g/mol. The number of aromatic nitrogens is 1. The number of pyridine rings is 1. The van der Waals surface area contributed by atoms with Crippen molar-refractivity contribution in [2.75, 3.05) is 6.54 Å². The molecule has 0 N–H and O–H groups in total. The van der Waals surface area contributed by atoms with Crippen LogP contribution in [0.2, 0.25) is 0 Å². The first-order valence-corrected chi connectivity index (χ1v) is 9.61. The molecule has 0 unspecified atom stereocenters. The summed E-state index contributed by atoms with van der Waals surface area (Å²) < 4.78 is 0. The molecule has 2 heterocycles. The first kappa shape index (κ1) is 16.3. The molecule has 1 saturated carbocycles. The zero-order valence-electron chi connectivity index (χ0n) is 14.7. The van der Waals surface area contributed by atoms with Gasteiger partial charge in [0.1, 0.15) is 0 Å². The van der Waals surface area contributed by atoms with Crippen LogP contribution in [0.1, 0.15) is 61.5 Å². The Balaban J connectivity index is 1.52. The summed E-state index contributed by atoms with van der Waals surface area (Å²) in [5, 5.41) is 0. The van der Waals surface area contributed by atoms with E-state index < -0.39 is 0 Å². The largest absolute Gasteiger partial charge is 0.334 e. The maximum atomic E-state index is 12.9. The summed E-state index contributed by atoms with van der Waals surface area (Å²) in [6.45, 7) is 0.893. The number of carbonyl (C=O) groups excluding carboxylic acids is 1. The minimum atomic E-state index is 0.170. The summed E-state index contributed by atoms with van der Waals surface area (Å²) in [5.41, 5.74) is 3.43. The second-order valence-electron chi connectivity index (χ2n) is 7.39. The molecule has 4 rings (SSSR count). The Bertz CT molecular complexity index is 722. The maximum Gasteiger partial charge on any atom is 0.226 e. The number of hydrogen-bond acceptors (Lipinski definition) is 2. The number of nitrogens with zero attached hydrogens (tertiary/aromatic N) is 2. The van der Waals surface area contributed by atoms with Gasteiger partial charge in [0.15, 0.2) is 0 Å². The van der Waals surface area contributed by atoms with Crippen molar-refractivity contribution < 1.29 is 4.79 Å². The summed E-state index contributed by atoms with van der Waals surface area (Å²) in [6.07, 6.45) is 7.54. The fraction of sp³-hybridized carbons (Fsp3) is 0.455. The van der Waals surface area contributed by atoms with Crippen LogP contribution in [0.5, 0.6) is 0 Å². The lowest BCUT2D eigenvalue weighted by Crippen LogP contribution is -2.35. The molecular formula is C22H26N2O. The van der Waals surface area contributed by atoms with E-state index in [1.165, 1.54) is 18.4 Å². The van der Waals surface area contributed by atoms with Gasteiger partial charge in [-0.3, -0.25) is 9.78 Å². The van der Waals surface area contributed by atoms with E-state index in [1.807, 2.05) is 6.07 Å². The molecule has 1 aliphatic carbocycles. The first-order valence-electron chi connectivity index (χ1n) is 9.61. The Labute approximate surface area is 150 Å². The van der Waals surface area contributed by atoms with Crippen molar-refractivity contribution in [1.29, 1.82) is 0 Å². The highest BCUT2D eigenvalue weighted by atomic mass is 16.2. The van der Waals surface area contributed by atoms with E-state index in [0.717, 1.165) is 50.0 Å². The van der Waals surface area contributed by atoms with Crippen molar-refractivity contribution in [2.24, 2.45) is 5.92 Å². The van der Waals surface area contributed by atoms with Gasteiger partial charge in [0.2, 0.25) is 5.91 Å². The standard InChI is InChI=1S/C22H26N2O/c25-22(18-10-4-5-11-18)24-15-7-14-21(24)20-13-6-12-19(23-20)16-17-8-2-1-3-9-17/h1-3,6,8-9,12-13,18,21H,4-5,7,10-11,14-16H2/t21-/m0/s1. The second-order valence-corrected chi connectivity index (χ2v) is 7.39. The Morgan fingerprint density at radius 2 is 1.76 bits per heavy atom. The van der Waals surface area contributed by atoms with Crippen LogP contribution in [0, 0.1) is 5.92 Å². The van der Waals surface area contributed by atoms with Gasteiger partial charge in [-0.1, -0.05) is 49.2 Å². The first-order chi connectivity index (χ1) is 12.3. The van der Waals surface area contributed by atoms with Gasteiger partial charge in [-0.2, -0.15) is 0 Å². The highest BCUT2D eigenvalue weighted by Gasteiger charge is 2.35. The molecule has 130 valence electrons. The van der Waals surface area contributed by atoms with Gasteiger partial charge in [-0.05, 0) is 43.4 Å². The fourth-order valence-electron chi connectivity index (χ4n) is 4.33. The van der Waals surface area contributed by atoms with Crippen molar-refractivity contribution >= 4 is 5.91 Å². The molecule has 3 heteroatoms. The predicted octanol–water partition coefficient (Wildman–Crippen LogP) is 4.53. The number of hydrogen-bond donors (Lipinski definition) is 0. The lowest BCUT2D eigenvalue weighted by molar-refractivity contribution is -0.136. The average molecular weight is 334 g/mol. The van der Waals surface area contributed by atoms with E-state index in [0.29, 0.717) is 5.91 Å². The summed E-state index contributed by atoms with van der Waals surface area (Å²) in [7, 11) is 0. The fourth-order valence-corrected chi connectivity index (χ4v) is 4.33. The number of likely N-dealkylation sites (tertiary alicyclic amines) is 1. The molecule has 1 saturated heterocycles. The van der Waals surface area contributed by atoms with Crippen LogP contribution < -0.4 is 0 Å². The molecule has 1 amide bonds. The van der Waals surface area contributed by atoms with Crippen molar-refractivity contribution in [3.8, 4) is 0 Å². The van der Waals surface area contributed by atoms with Crippen LogP contribution in [0.3, 0.4) is 0 Å². The highest BCUT2D eigenvalue weighted by molar-refractivity contribution is 5.79. The van der Waals surface area contributed by atoms with E-state index in [4.69, 9.17) is 4.98 Å². The summed E-state index contributed by atoms with van der Waals surface area (Å²) in [6, 6.07) is 16.9. The third-order valence-electron chi connectivity index (χ3n) is 5.64. The van der Waals surface area contributed by atoms with Crippen LogP contribution in [0.15, 0.2) is 48.5 Å². The summed E-state index contributed by atoms with van der Waals surface area (Å²) >= 11 is 0. The van der Waals surface area contributed by atoms with Crippen LogP contribution in [-0.4, -0.2) is 22.3 Å². The summed E-state index contributed by atoms with van der Waals surface area (Å²) in [4.78, 5) is 19.9. The number of amides is 1. The van der Waals surface area contributed by atoms with Gasteiger partial charge >= 0.3 is 0 Å². The SMILES string of the molecule is O=C(C1CCCC1)N1CCC[C@H]1c1cccc(Cc2ccccc2)n1. The number of rotatable bonds is 4. The second kappa shape index (κ2) is 7.38. The smallest absolute Gasteiger partial charge is 0.226 e. The molecule has 2 fully saturated rings. The van der Waals surface area contributed by atoms with E-state index in [1.54, 1.807) is 0 Å². The molecule has 1 aromatic heterocycles. The van der Waals surface area contributed by atoms with Crippen molar-refractivity contribution in [3.05, 3.63) is 65.5 Å². The van der Waals surface area contributed by atoms with Gasteiger partial charge in [-0.25, -0.2) is 0 Å². The molecule has 1 aromatic carbocycles. The van der Waals surface area contributed by atoms with Crippen LogP contribution in [0.25, 0.3) is 0 Å². The third kappa shape index (κ3) is 3.60. The molecule has 0 radical (unpaired) electrons. The molecule has 1 aliphatic heterocycles. The Morgan fingerprint density at radius 3 is 2.56 bits per heavy atom. The van der Waals surface area contributed by atoms with Crippen LogP contribution >= 0.6 is 0 Å². The molecule has 2 aliphatic rings. The molecule has 0 spiro atoms. The normalized spacial score (nSPS) is 21.0. The Morgan fingerprint density at radius 1 is 0.960 bits per heavy atom. The van der Waals surface area contributed by atoms with Crippen molar-refractivity contribution in [3.63, 3.8) is 0 Å². The molecule has 25 heavy (non-hydrogen) atoms. The molecule has 3 nitrogen and oxygen atoms in total. The van der Waals surface area contributed by atoms with Crippen molar-refractivity contribution in [1.82, 2.24) is 9.88 Å². The topological polar surface area (TPSA) is 33.2 Å². The van der Waals surface area contributed by atoms with Gasteiger partial charge < -0.3 is 4.90 Å². The van der Waals surface area contributed by atoms with E-state index >= 15 is 0 Å². The van der Waals surface area contributed by atoms with Crippen LogP contribution in [0.4, 0.5) is 0 Å². The lowest BCUT2D eigenvalue weighted by Gasteiger charge is -2.27. The Kier molecular flexibility index (Phi) is 4.82. The predicted molar refractivity (Wildman–Crippen MR) is 99.1 cm³/mol. The zero-order valence-corrected chi connectivity index (χ0v) is 14.7. The van der Waals surface area contributed by atoms with Crippen molar-refractivity contribution in [2.45, 2.75) is 51.0 Å². The van der Waals surface area contributed by atoms with E-state index in [-0.39, 0.29) is 12.0 Å². The number of carbonyl (C=O) groups is 1. The molecule has 1 atom stereocenters. The quantitative estimate of drug-likeness (QED) is 0.823. The third-order valence-corrected chi connectivity index (χ3v) is 5.64. The lowest BCUT2D eigenvalue weighted by atomic mass is 10.0. The Hall–Kier alpha value is -2.16. The van der Waals surface area contributed by atoms with Crippen LogP contribution in [-0.2, 0) is 11.2 Å². The van der Waals surface area contributed by atoms with Gasteiger partial charge in [0, 0.05) is 24.6 Å². The molecule has 2 aromatic rings. The molecule has 0 bridgehead atoms. The highest BCUT2D eigenvalue weighted by Crippen LogP contribution is 2.35. The number of benzene rings is 1. The monoisotopic (exact) mass is 334 g/mol. The zero-order chi connectivity index (χ0) is 17.1. The minimum Gasteiger partial charge on any atom is -0.334 e. The summed E-state index contributed by atoms with van der Waals surface area (Å²) in [5.74, 6) is 0.628. The van der Waals surface area contributed by atoms with Gasteiger partial charge in [0.05, 0.1) is 11.7 Å². The van der Waals surface area contributed by atoms with E-state index in [2.05, 4.69) is 47.4 Å². The average Bonchev–Trinajstić information content (AvgIpc) is 3.34. The van der Waals surface area contributed by atoms with E-state index in [9.17, 15) is 4.79 Å². The van der Waals surface area contributed by atoms with Gasteiger partial charge in [-0.15, -0.1) is 0 Å². The minimum absolute atomic E-state index is 0.170.